The summed E-state index contributed by atoms with van der Waals surface area (Å²) in [5.74, 6) is -0.352. The third-order valence-electron chi connectivity index (χ3n) is 3.63. The molecule has 0 aliphatic carbocycles. The number of rotatable bonds is 8. The fourth-order valence-electron chi connectivity index (χ4n) is 2.51. The molecule has 1 aromatic carbocycles. The Hall–Kier alpha value is -1.88. The number of hydrogen-bond donors (Lipinski definition) is 2. The molecule has 0 unspecified atom stereocenters. The number of nitrogens with one attached hydrogen (secondary N) is 1. The zero-order valence-electron chi connectivity index (χ0n) is 12.5. The van der Waals surface area contributed by atoms with Gasteiger partial charge in [-0.3, -0.25) is 14.5 Å². The number of nitrogens with two attached hydrogens (primary N) is 1. The Bertz CT molecular complexity index is 528. The summed E-state index contributed by atoms with van der Waals surface area (Å²) in [5.41, 5.74) is 7.37. The quantitative estimate of drug-likeness (QED) is 0.568. The van der Waals surface area contributed by atoms with Crippen LogP contribution in [0.2, 0.25) is 0 Å². The van der Waals surface area contributed by atoms with Gasteiger partial charge in [0.25, 0.3) is 11.8 Å². The smallest absolute Gasteiger partial charge is 0.261 e. The van der Waals surface area contributed by atoms with E-state index in [0.717, 1.165) is 44.5 Å². The molecular formula is C16H23N3O2. The van der Waals surface area contributed by atoms with Gasteiger partial charge in [0.2, 0.25) is 0 Å². The van der Waals surface area contributed by atoms with Crippen molar-refractivity contribution in [2.24, 2.45) is 5.73 Å². The predicted octanol–water partition coefficient (Wildman–Crippen LogP) is 2.23. The van der Waals surface area contributed by atoms with Crippen LogP contribution >= 0.6 is 0 Å². The van der Waals surface area contributed by atoms with Crippen molar-refractivity contribution in [1.82, 2.24) is 4.90 Å². The first-order chi connectivity index (χ1) is 10.2. The molecule has 2 rings (SSSR count). The summed E-state index contributed by atoms with van der Waals surface area (Å²) in [6, 6.07) is 5.39. The minimum Gasteiger partial charge on any atom is -0.385 e. The van der Waals surface area contributed by atoms with Gasteiger partial charge in [0.05, 0.1) is 11.1 Å². The lowest BCUT2D eigenvalue weighted by Gasteiger charge is -2.11. The maximum atomic E-state index is 12.2. The SMILES string of the molecule is CCCN1C(=O)c2ccc(NCCCCCN)cc2C1=O. The molecule has 0 radical (unpaired) electrons. The number of amides is 2. The van der Waals surface area contributed by atoms with Crippen molar-refractivity contribution in [3.05, 3.63) is 29.3 Å². The Morgan fingerprint density at radius 3 is 2.57 bits per heavy atom. The van der Waals surface area contributed by atoms with Crippen LogP contribution in [0.25, 0.3) is 0 Å². The van der Waals surface area contributed by atoms with E-state index < -0.39 is 0 Å². The van der Waals surface area contributed by atoms with Crippen LogP contribution < -0.4 is 11.1 Å². The molecule has 0 aromatic heterocycles. The molecule has 1 heterocycles. The first kappa shape index (κ1) is 15.5. The van der Waals surface area contributed by atoms with Crippen LogP contribution in [-0.2, 0) is 0 Å². The van der Waals surface area contributed by atoms with Crippen LogP contribution in [0.5, 0.6) is 0 Å². The topological polar surface area (TPSA) is 75.4 Å². The van der Waals surface area contributed by atoms with Crippen LogP contribution in [0.1, 0.15) is 53.3 Å². The van der Waals surface area contributed by atoms with Crippen molar-refractivity contribution in [3.8, 4) is 0 Å². The summed E-state index contributed by atoms with van der Waals surface area (Å²) in [6.07, 6.45) is 3.95. The molecule has 3 N–H and O–H groups in total. The molecule has 114 valence electrons. The molecule has 21 heavy (non-hydrogen) atoms. The Morgan fingerprint density at radius 2 is 1.86 bits per heavy atom. The molecule has 0 fully saturated rings. The van der Waals surface area contributed by atoms with E-state index in [0.29, 0.717) is 17.7 Å². The molecule has 1 aromatic rings. The number of unbranched alkanes of at least 4 members (excludes halogenated alkanes) is 2. The Morgan fingerprint density at radius 1 is 1.10 bits per heavy atom. The van der Waals surface area contributed by atoms with Crippen molar-refractivity contribution in [1.29, 1.82) is 0 Å². The number of benzene rings is 1. The molecule has 1 aliphatic rings. The summed E-state index contributed by atoms with van der Waals surface area (Å²) >= 11 is 0. The Balaban J connectivity index is 2.01. The van der Waals surface area contributed by atoms with Gasteiger partial charge in [0, 0.05) is 18.8 Å². The lowest BCUT2D eigenvalue weighted by atomic mass is 10.1. The van der Waals surface area contributed by atoms with Gasteiger partial charge in [-0.05, 0) is 44.0 Å². The fourth-order valence-corrected chi connectivity index (χ4v) is 2.51. The maximum absolute atomic E-state index is 12.2. The second-order valence-corrected chi connectivity index (χ2v) is 5.30. The first-order valence-electron chi connectivity index (χ1n) is 7.63. The van der Waals surface area contributed by atoms with Crippen molar-refractivity contribution in [3.63, 3.8) is 0 Å². The fraction of sp³-hybridized carbons (Fsp3) is 0.500. The van der Waals surface area contributed by atoms with Gasteiger partial charge in [-0.15, -0.1) is 0 Å². The van der Waals surface area contributed by atoms with Gasteiger partial charge in [-0.1, -0.05) is 13.3 Å². The molecule has 5 nitrogen and oxygen atoms in total. The second kappa shape index (κ2) is 7.22. The van der Waals surface area contributed by atoms with Crippen LogP contribution in [0.3, 0.4) is 0 Å². The normalized spacial score (nSPS) is 13.7. The summed E-state index contributed by atoms with van der Waals surface area (Å²) < 4.78 is 0. The van der Waals surface area contributed by atoms with E-state index in [4.69, 9.17) is 5.73 Å². The Kier molecular flexibility index (Phi) is 5.33. The van der Waals surface area contributed by atoms with Crippen LogP contribution in [-0.4, -0.2) is 36.3 Å². The molecule has 0 bridgehead atoms. The highest BCUT2D eigenvalue weighted by molar-refractivity contribution is 6.21. The van der Waals surface area contributed by atoms with Crippen molar-refractivity contribution in [2.75, 3.05) is 25.0 Å². The standard InChI is InChI=1S/C16H23N3O2/c1-2-10-19-15(20)13-7-6-12(11-14(13)16(19)21)18-9-5-3-4-8-17/h6-7,11,18H,2-5,8-10,17H2,1H3. The van der Waals surface area contributed by atoms with Gasteiger partial charge in [0.1, 0.15) is 0 Å². The van der Waals surface area contributed by atoms with Crippen LogP contribution in [0, 0.1) is 0 Å². The number of hydrogen-bond acceptors (Lipinski definition) is 4. The molecule has 0 spiro atoms. The number of imide groups is 1. The van der Waals surface area contributed by atoms with E-state index in [1.807, 2.05) is 13.0 Å². The Labute approximate surface area is 125 Å². The average molecular weight is 289 g/mol. The minimum atomic E-state index is -0.177. The minimum absolute atomic E-state index is 0.175. The number of fused-ring (bicyclic) bond motifs is 1. The zero-order chi connectivity index (χ0) is 15.2. The molecule has 0 atom stereocenters. The number of anilines is 1. The van der Waals surface area contributed by atoms with Gasteiger partial charge in [-0.2, -0.15) is 0 Å². The zero-order valence-corrected chi connectivity index (χ0v) is 12.5. The van der Waals surface area contributed by atoms with Gasteiger partial charge < -0.3 is 11.1 Å². The average Bonchev–Trinajstić information content (AvgIpc) is 2.72. The number of carbonyl (C=O) groups is 2. The molecule has 5 heteroatoms. The maximum Gasteiger partial charge on any atom is 0.261 e. The van der Waals surface area contributed by atoms with Crippen LogP contribution in [0.15, 0.2) is 18.2 Å². The molecule has 1 aliphatic heterocycles. The lowest BCUT2D eigenvalue weighted by molar-refractivity contribution is 0.0654. The van der Waals surface area contributed by atoms with Crippen molar-refractivity contribution in [2.45, 2.75) is 32.6 Å². The van der Waals surface area contributed by atoms with Crippen molar-refractivity contribution < 1.29 is 9.59 Å². The predicted molar refractivity (Wildman–Crippen MR) is 83.5 cm³/mol. The summed E-state index contributed by atoms with van der Waals surface area (Å²) in [5, 5.41) is 3.29. The summed E-state index contributed by atoms with van der Waals surface area (Å²) in [4.78, 5) is 25.7. The van der Waals surface area contributed by atoms with E-state index >= 15 is 0 Å². The second-order valence-electron chi connectivity index (χ2n) is 5.30. The lowest BCUT2D eigenvalue weighted by Crippen LogP contribution is -2.30. The molecule has 0 saturated carbocycles. The molecular weight excluding hydrogens is 266 g/mol. The van der Waals surface area contributed by atoms with Crippen LogP contribution in [0.4, 0.5) is 5.69 Å². The van der Waals surface area contributed by atoms with Gasteiger partial charge >= 0.3 is 0 Å². The highest BCUT2D eigenvalue weighted by atomic mass is 16.2. The van der Waals surface area contributed by atoms with E-state index in [1.54, 1.807) is 12.1 Å². The third-order valence-corrected chi connectivity index (χ3v) is 3.63. The third kappa shape index (κ3) is 3.42. The van der Waals surface area contributed by atoms with E-state index in [-0.39, 0.29) is 11.8 Å². The molecule has 0 saturated heterocycles. The van der Waals surface area contributed by atoms with Gasteiger partial charge in [0.15, 0.2) is 0 Å². The number of carbonyl (C=O) groups excluding carboxylic acids is 2. The largest absolute Gasteiger partial charge is 0.385 e. The highest BCUT2D eigenvalue weighted by Crippen LogP contribution is 2.26. The van der Waals surface area contributed by atoms with E-state index in [1.165, 1.54) is 4.90 Å². The van der Waals surface area contributed by atoms with Gasteiger partial charge in [-0.25, -0.2) is 0 Å². The summed E-state index contributed by atoms with van der Waals surface area (Å²) in [7, 11) is 0. The first-order valence-corrected chi connectivity index (χ1v) is 7.63. The number of nitrogens with zero attached hydrogens (tertiary/aromatic N) is 1. The van der Waals surface area contributed by atoms with E-state index in [9.17, 15) is 9.59 Å². The van der Waals surface area contributed by atoms with Crippen molar-refractivity contribution >= 4 is 17.5 Å². The van der Waals surface area contributed by atoms with E-state index in [2.05, 4.69) is 5.32 Å². The monoisotopic (exact) mass is 289 g/mol. The summed E-state index contributed by atoms with van der Waals surface area (Å²) in [6.45, 7) is 4.01. The highest BCUT2D eigenvalue weighted by Gasteiger charge is 2.34. The molecule has 2 amide bonds.